The fourth-order valence-corrected chi connectivity index (χ4v) is 5.52. The van der Waals surface area contributed by atoms with Crippen molar-refractivity contribution in [3.05, 3.63) is 81.8 Å². The number of halogens is 1. The van der Waals surface area contributed by atoms with E-state index in [2.05, 4.69) is 96.3 Å². The van der Waals surface area contributed by atoms with Gasteiger partial charge in [0.05, 0.1) is 9.98 Å². The molecule has 2 saturated heterocycles. The molecular weight excluding hydrogens is 480 g/mol. The van der Waals surface area contributed by atoms with Gasteiger partial charge < -0.3 is 4.90 Å². The first-order chi connectivity index (χ1) is 15.8. The molecule has 2 aromatic carbocycles. The number of hydrogen-bond donors (Lipinski definition) is 0. The van der Waals surface area contributed by atoms with Gasteiger partial charge in [-0.1, -0.05) is 78.4 Å². The summed E-state index contributed by atoms with van der Waals surface area (Å²) in [7, 11) is 0. The summed E-state index contributed by atoms with van der Waals surface area (Å²) in [6, 6.07) is 21.5. The van der Waals surface area contributed by atoms with Crippen LogP contribution in [0.2, 0.25) is 0 Å². The van der Waals surface area contributed by atoms with Crippen molar-refractivity contribution in [1.82, 2.24) is 14.8 Å². The molecular formula is C26H33BrN4S. The van der Waals surface area contributed by atoms with Crippen LogP contribution in [0.4, 0.5) is 5.13 Å². The van der Waals surface area contributed by atoms with Gasteiger partial charge in [0.25, 0.3) is 0 Å². The van der Waals surface area contributed by atoms with Crippen LogP contribution in [0.15, 0.2) is 70.6 Å². The Morgan fingerprint density at radius 1 is 0.688 bits per heavy atom. The molecule has 0 aliphatic carbocycles. The molecule has 0 radical (unpaired) electrons. The number of piperazine rings is 1. The highest BCUT2D eigenvalue weighted by Crippen LogP contribution is 2.27. The number of likely N-dealkylation sites (tertiary alicyclic amines) is 1. The smallest absolute Gasteiger partial charge is 0.186 e. The van der Waals surface area contributed by atoms with Gasteiger partial charge in [0, 0.05) is 39.3 Å². The fraction of sp³-hybridized carbons (Fsp3) is 0.423. The van der Waals surface area contributed by atoms with Crippen LogP contribution in [0.5, 0.6) is 0 Å². The zero-order valence-electron chi connectivity index (χ0n) is 18.7. The molecule has 1 aromatic heterocycles. The Balaban J connectivity index is 0.000000165. The van der Waals surface area contributed by atoms with Gasteiger partial charge in [-0.05, 0) is 53.0 Å². The third kappa shape index (κ3) is 7.41. The van der Waals surface area contributed by atoms with Crippen molar-refractivity contribution in [3.63, 3.8) is 0 Å². The number of aromatic nitrogens is 1. The SMILES string of the molecule is Brc1cnc(N2CCN(Cc3ccccc3)CC2)s1.c1ccc(CN2CCCCC2)cc1. The molecule has 0 bridgehead atoms. The van der Waals surface area contributed by atoms with Gasteiger partial charge in [0.1, 0.15) is 0 Å². The number of benzene rings is 2. The summed E-state index contributed by atoms with van der Waals surface area (Å²) < 4.78 is 1.11. The first-order valence-electron chi connectivity index (χ1n) is 11.6. The minimum absolute atomic E-state index is 1.05. The molecule has 170 valence electrons. The highest BCUT2D eigenvalue weighted by atomic mass is 79.9. The molecule has 0 unspecified atom stereocenters. The first-order valence-corrected chi connectivity index (χ1v) is 13.3. The molecule has 0 saturated carbocycles. The average molecular weight is 514 g/mol. The molecule has 2 aliphatic heterocycles. The number of nitrogens with zero attached hydrogens (tertiary/aromatic N) is 4. The van der Waals surface area contributed by atoms with Gasteiger partial charge in [0.2, 0.25) is 0 Å². The standard InChI is InChI=1S/C14H16BrN3S.C12H17N/c15-13-10-16-14(19-13)18-8-6-17(7-9-18)11-12-4-2-1-3-5-12;1-3-7-12(8-4-1)11-13-9-5-2-6-10-13/h1-5,10H,6-9,11H2;1,3-4,7-8H,2,5-6,9-11H2. The maximum Gasteiger partial charge on any atom is 0.186 e. The Hall–Kier alpha value is -1.73. The number of hydrogen-bond acceptors (Lipinski definition) is 5. The minimum Gasteiger partial charge on any atom is -0.345 e. The second kappa shape index (κ2) is 12.5. The quantitative estimate of drug-likeness (QED) is 0.424. The van der Waals surface area contributed by atoms with E-state index in [1.54, 1.807) is 11.3 Å². The summed E-state index contributed by atoms with van der Waals surface area (Å²) in [6.45, 7) is 9.10. The number of thiazole rings is 1. The molecule has 6 heteroatoms. The second-order valence-electron chi connectivity index (χ2n) is 8.52. The third-order valence-corrected chi connectivity index (χ3v) is 7.59. The lowest BCUT2D eigenvalue weighted by Gasteiger charge is -2.34. The molecule has 4 nitrogen and oxygen atoms in total. The lowest BCUT2D eigenvalue weighted by Crippen LogP contribution is -2.45. The molecule has 0 amide bonds. The molecule has 5 rings (SSSR count). The summed E-state index contributed by atoms with van der Waals surface area (Å²) >= 11 is 5.19. The molecule has 0 atom stereocenters. The van der Waals surface area contributed by atoms with Crippen molar-refractivity contribution in [3.8, 4) is 0 Å². The Morgan fingerprint density at radius 3 is 1.72 bits per heavy atom. The summed E-state index contributed by atoms with van der Waals surface area (Å²) in [5, 5.41) is 1.13. The molecule has 3 aromatic rings. The van der Waals surface area contributed by atoms with Crippen LogP contribution in [0.1, 0.15) is 30.4 Å². The molecule has 0 N–H and O–H groups in total. The Labute approximate surface area is 205 Å². The van der Waals surface area contributed by atoms with Crippen molar-refractivity contribution in [2.45, 2.75) is 32.4 Å². The topological polar surface area (TPSA) is 22.6 Å². The van der Waals surface area contributed by atoms with Gasteiger partial charge in [-0.3, -0.25) is 9.80 Å². The number of anilines is 1. The van der Waals surface area contributed by atoms with Crippen molar-refractivity contribution >= 4 is 32.4 Å². The van der Waals surface area contributed by atoms with Crippen LogP contribution in [-0.4, -0.2) is 54.1 Å². The van der Waals surface area contributed by atoms with E-state index in [1.165, 1.54) is 43.5 Å². The monoisotopic (exact) mass is 512 g/mol. The molecule has 0 spiro atoms. The van der Waals surface area contributed by atoms with Crippen LogP contribution in [0.3, 0.4) is 0 Å². The third-order valence-electron chi connectivity index (χ3n) is 6.05. The molecule has 2 aliphatic rings. The van der Waals surface area contributed by atoms with Crippen LogP contribution in [0, 0.1) is 0 Å². The maximum absolute atomic E-state index is 4.43. The van der Waals surface area contributed by atoms with Crippen LogP contribution >= 0.6 is 27.3 Å². The van der Waals surface area contributed by atoms with Crippen LogP contribution in [0.25, 0.3) is 0 Å². The van der Waals surface area contributed by atoms with Crippen LogP contribution in [-0.2, 0) is 13.1 Å². The lowest BCUT2D eigenvalue weighted by atomic mass is 10.1. The van der Waals surface area contributed by atoms with Crippen molar-refractivity contribution < 1.29 is 0 Å². The van der Waals surface area contributed by atoms with E-state index >= 15 is 0 Å². The second-order valence-corrected chi connectivity index (χ2v) is 10.9. The normalized spacial score (nSPS) is 17.6. The number of rotatable bonds is 5. The largest absolute Gasteiger partial charge is 0.345 e. The van der Waals surface area contributed by atoms with E-state index in [0.717, 1.165) is 48.2 Å². The van der Waals surface area contributed by atoms with E-state index in [9.17, 15) is 0 Å². The number of piperidine rings is 1. The van der Waals surface area contributed by atoms with Gasteiger partial charge in [-0.2, -0.15) is 0 Å². The molecule has 3 heterocycles. The maximum atomic E-state index is 4.43. The zero-order valence-corrected chi connectivity index (χ0v) is 21.1. The van der Waals surface area contributed by atoms with Crippen molar-refractivity contribution in [1.29, 1.82) is 0 Å². The van der Waals surface area contributed by atoms with E-state index in [4.69, 9.17) is 0 Å². The van der Waals surface area contributed by atoms with Crippen molar-refractivity contribution in [2.24, 2.45) is 0 Å². The average Bonchev–Trinajstić information content (AvgIpc) is 3.28. The van der Waals surface area contributed by atoms with Crippen molar-refractivity contribution in [2.75, 3.05) is 44.2 Å². The predicted octanol–water partition coefficient (Wildman–Crippen LogP) is 5.90. The highest BCUT2D eigenvalue weighted by Gasteiger charge is 2.19. The summed E-state index contributed by atoms with van der Waals surface area (Å²) in [5.74, 6) is 0. The van der Waals surface area contributed by atoms with Gasteiger partial charge in [-0.15, -0.1) is 0 Å². The Morgan fingerprint density at radius 2 is 1.22 bits per heavy atom. The van der Waals surface area contributed by atoms with E-state index in [-0.39, 0.29) is 0 Å². The predicted molar refractivity (Wildman–Crippen MR) is 139 cm³/mol. The summed E-state index contributed by atoms with van der Waals surface area (Å²) in [4.78, 5) is 11.9. The lowest BCUT2D eigenvalue weighted by molar-refractivity contribution is 0.221. The minimum atomic E-state index is 1.05. The summed E-state index contributed by atoms with van der Waals surface area (Å²) in [5.41, 5.74) is 2.84. The van der Waals surface area contributed by atoms with Gasteiger partial charge >= 0.3 is 0 Å². The Kier molecular flexibility index (Phi) is 9.15. The molecule has 32 heavy (non-hydrogen) atoms. The summed E-state index contributed by atoms with van der Waals surface area (Å²) in [6.07, 6.45) is 6.07. The van der Waals surface area contributed by atoms with E-state index in [0.29, 0.717) is 0 Å². The van der Waals surface area contributed by atoms with Gasteiger partial charge in [0.15, 0.2) is 5.13 Å². The highest BCUT2D eigenvalue weighted by molar-refractivity contribution is 9.11. The molecule has 2 fully saturated rings. The fourth-order valence-electron chi connectivity index (χ4n) is 4.29. The Bertz CT molecular complexity index is 904. The first kappa shape index (κ1) is 23.4. The van der Waals surface area contributed by atoms with Gasteiger partial charge in [-0.25, -0.2) is 4.98 Å². The van der Waals surface area contributed by atoms with Crippen LogP contribution < -0.4 is 4.90 Å². The van der Waals surface area contributed by atoms with E-state index < -0.39 is 0 Å². The zero-order chi connectivity index (χ0) is 22.0. The van der Waals surface area contributed by atoms with E-state index in [1.807, 2.05) is 6.20 Å².